The van der Waals surface area contributed by atoms with Gasteiger partial charge in [0.1, 0.15) is 0 Å². The highest BCUT2D eigenvalue weighted by Gasteiger charge is 2.45. The first-order valence-electron chi connectivity index (χ1n) is 6.95. The molecule has 0 atom stereocenters. The maximum absolute atomic E-state index is 3.65. The Morgan fingerprint density at radius 1 is 1.11 bits per heavy atom. The Labute approximate surface area is 111 Å². The van der Waals surface area contributed by atoms with E-state index in [0.717, 1.165) is 0 Å². The van der Waals surface area contributed by atoms with E-state index < -0.39 is 0 Å². The van der Waals surface area contributed by atoms with Crippen molar-refractivity contribution in [2.24, 2.45) is 0 Å². The first-order valence-corrected chi connectivity index (χ1v) is 6.95. The molecule has 0 aromatic heterocycles. The molecule has 1 aromatic rings. The summed E-state index contributed by atoms with van der Waals surface area (Å²) in [5, 5.41) is 3.65. The molecular formula is C16H26N2. The molecule has 1 aliphatic rings. The van der Waals surface area contributed by atoms with Crippen LogP contribution in [0.4, 0.5) is 0 Å². The fourth-order valence-electron chi connectivity index (χ4n) is 3.32. The summed E-state index contributed by atoms with van der Waals surface area (Å²) in [7, 11) is 4.34. The average Bonchev–Trinajstić information content (AvgIpc) is 2.41. The molecule has 18 heavy (non-hydrogen) atoms. The lowest BCUT2D eigenvalue weighted by atomic mass is 9.63. The molecule has 1 aliphatic heterocycles. The standard InChI is InChI=1S/C16H26N2/c1-15(2,14-8-6-5-7-9-14)16(17-3)10-12-18(4)13-11-16/h5-9,17H,10-13H2,1-4H3. The van der Waals surface area contributed by atoms with Gasteiger partial charge in [0, 0.05) is 11.0 Å². The molecular weight excluding hydrogens is 220 g/mol. The summed E-state index contributed by atoms with van der Waals surface area (Å²) in [4.78, 5) is 2.43. The van der Waals surface area contributed by atoms with Crippen molar-refractivity contribution in [2.45, 2.75) is 37.6 Å². The van der Waals surface area contributed by atoms with E-state index >= 15 is 0 Å². The van der Waals surface area contributed by atoms with Gasteiger partial charge in [-0.05, 0) is 45.6 Å². The summed E-state index contributed by atoms with van der Waals surface area (Å²) in [6.07, 6.45) is 2.42. The molecule has 0 radical (unpaired) electrons. The normalized spacial score (nSPS) is 20.9. The second-order valence-corrected chi connectivity index (χ2v) is 6.13. The molecule has 2 rings (SSSR count). The van der Waals surface area contributed by atoms with Crippen LogP contribution in [0.15, 0.2) is 30.3 Å². The van der Waals surface area contributed by atoms with Crippen LogP contribution in [-0.4, -0.2) is 37.6 Å². The molecule has 0 unspecified atom stereocenters. The van der Waals surface area contributed by atoms with Crippen molar-refractivity contribution in [1.29, 1.82) is 0 Å². The third-order valence-electron chi connectivity index (χ3n) is 5.01. The van der Waals surface area contributed by atoms with Gasteiger partial charge in [-0.25, -0.2) is 0 Å². The fraction of sp³-hybridized carbons (Fsp3) is 0.625. The van der Waals surface area contributed by atoms with Crippen molar-refractivity contribution in [3.8, 4) is 0 Å². The van der Waals surface area contributed by atoms with Gasteiger partial charge >= 0.3 is 0 Å². The summed E-state index contributed by atoms with van der Waals surface area (Å²) >= 11 is 0. The molecule has 100 valence electrons. The van der Waals surface area contributed by atoms with E-state index in [0.29, 0.717) is 0 Å². The van der Waals surface area contributed by atoms with Crippen LogP contribution in [0.1, 0.15) is 32.3 Å². The van der Waals surface area contributed by atoms with E-state index in [-0.39, 0.29) is 11.0 Å². The molecule has 1 fully saturated rings. The van der Waals surface area contributed by atoms with Crippen molar-refractivity contribution in [3.05, 3.63) is 35.9 Å². The van der Waals surface area contributed by atoms with E-state index in [2.05, 4.69) is 68.5 Å². The molecule has 0 amide bonds. The second kappa shape index (κ2) is 5.02. The number of hydrogen-bond donors (Lipinski definition) is 1. The Morgan fingerprint density at radius 3 is 2.17 bits per heavy atom. The number of likely N-dealkylation sites (tertiary alicyclic amines) is 1. The smallest absolute Gasteiger partial charge is 0.0294 e. The quantitative estimate of drug-likeness (QED) is 0.882. The lowest BCUT2D eigenvalue weighted by molar-refractivity contribution is 0.0998. The number of rotatable bonds is 3. The van der Waals surface area contributed by atoms with Crippen LogP contribution in [0.5, 0.6) is 0 Å². The molecule has 0 aliphatic carbocycles. The van der Waals surface area contributed by atoms with E-state index in [1.807, 2.05) is 0 Å². The Hall–Kier alpha value is -0.860. The maximum atomic E-state index is 3.65. The molecule has 0 saturated carbocycles. The average molecular weight is 246 g/mol. The van der Waals surface area contributed by atoms with Crippen molar-refractivity contribution in [3.63, 3.8) is 0 Å². The number of nitrogens with one attached hydrogen (secondary N) is 1. The minimum atomic E-state index is 0.157. The highest BCUT2D eigenvalue weighted by molar-refractivity contribution is 5.29. The largest absolute Gasteiger partial charge is 0.313 e. The van der Waals surface area contributed by atoms with E-state index in [1.165, 1.54) is 31.5 Å². The molecule has 1 aromatic carbocycles. The Kier molecular flexibility index (Phi) is 3.79. The zero-order valence-electron chi connectivity index (χ0n) is 12.2. The summed E-state index contributed by atoms with van der Waals surface area (Å²) in [6, 6.07) is 10.9. The molecule has 1 N–H and O–H groups in total. The van der Waals surface area contributed by atoms with E-state index in [4.69, 9.17) is 0 Å². The van der Waals surface area contributed by atoms with Crippen molar-refractivity contribution in [2.75, 3.05) is 27.2 Å². The van der Waals surface area contributed by atoms with Crippen LogP contribution in [0.3, 0.4) is 0 Å². The van der Waals surface area contributed by atoms with Crippen molar-refractivity contribution < 1.29 is 0 Å². The predicted molar refractivity (Wildman–Crippen MR) is 78.0 cm³/mol. The topological polar surface area (TPSA) is 15.3 Å². The van der Waals surface area contributed by atoms with Crippen molar-refractivity contribution >= 4 is 0 Å². The third kappa shape index (κ3) is 2.19. The molecule has 0 spiro atoms. The van der Waals surface area contributed by atoms with Crippen LogP contribution < -0.4 is 5.32 Å². The highest BCUT2D eigenvalue weighted by Crippen LogP contribution is 2.41. The first kappa shape index (κ1) is 13.6. The molecule has 1 saturated heterocycles. The van der Waals surface area contributed by atoms with Gasteiger partial charge in [-0.1, -0.05) is 44.2 Å². The summed E-state index contributed by atoms with van der Waals surface area (Å²) in [5.41, 5.74) is 1.80. The number of likely N-dealkylation sites (N-methyl/N-ethyl adjacent to an activating group) is 1. The zero-order valence-corrected chi connectivity index (χ0v) is 12.2. The van der Waals surface area contributed by atoms with Gasteiger partial charge in [0.25, 0.3) is 0 Å². The molecule has 2 nitrogen and oxygen atoms in total. The number of benzene rings is 1. The van der Waals surface area contributed by atoms with Gasteiger partial charge in [-0.3, -0.25) is 0 Å². The van der Waals surface area contributed by atoms with Gasteiger partial charge in [0.05, 0.1) is 0 Å². The van der Waals surface area contributed by atoms with Gasteiger partial charge in [-0.2, -0.15) is 0 Å². The van der Waals surface area contributed by atoms with Crippen LogP contribution >= 0.6 is 0 Å². The van der Waals surface area contributed by atoms with Gasteiger partial charge in [0.15, 0.2) is 0 Å². The zero-order chi connectivity index (χ0) is 13.2. The van der Waals surface area contributed by atoms with Crippen LogP contribution in [0.2, 0.25) is 0 Å². The Morgan fingerprint density at radius 2 is 1.67 bits per heavy atom. The van der Waals surface area contributed by atoms with Gasteiger partial charge in [0.2, 0.25) is 0 Å². The number of piperidine rings is 1. The minimum Gasteiger partial charge on any atom is -0.313 e. The SMILES string of the molecule is CNC1(C(C)(C)c2ccccc2)CCN(C)CC1. The lowest BCUT2D eigenvalue weighted by Gasteiger charge is -2.51. The maximum Gasteiger partial charge on any atom is 0.0294 e. The predicted octanol–water partition coefficient (Wildman–Crippen LogP) is 2.65. The molecule has 2 heteroatoms. The first-order chi connectivity index (χ1) is 8.52. The minimum absolute atomic E-state index is 0.157. The van der Waals surface area contributed by atoms with Gasteiger partial charge < -0.3 is 10.2 Å². The summed E-state index contributed by atoms with van der Waals surface area (Å²) in [6.45, 7) is 7.11. The Balaban J connectivity index is 2.32. The fourth-order valence-corrected chi connectivity index (χ4v) is 3.32. The van der Waals surface area contributed by atoms with Gasteiger partial charge in [-0.15, -0.1) is 0 Å². The monoisotopic (exact) mass is 246 g/mol. The Bertz CT molecular complexity index is 375. The van der Waals surface area contributed by atoms with Crippen LogP contribution in [-0.2, 0) is 5.41 Å². The number of hydrogen-bond acceptors (Lipinski definition) is 2. The molecule has 1 heterocycles. The van der Waals surface area contributed by atoms with Crippen molar-refractivity contribution in [1.82, 2.24) is 10.2 Å². The lowest BCUT2D eigenvalue weighted by Crippen LogP contribution is -2.61. The number of nitrogens with zero attached hydrogens (tertiary/aromatic N) is 1. The summed E-state index contributed by atoms with van der Waals surface area (Å²) in [5.74, 6) is 0. The third-order valence-corrected chi connectivity index (χ3v) is 5.01. The van der Waals surface area contributed by atoms with E-state index in [9.17, 15) is 0 Å². The molecule has 0 bridgehead atoms. The highest BCUT2D eigenvalue weighted by atomic mass is 15.1. The van der Waals surface area contributed by atoms with E-state index in [1.54, 1.807) is 0 Å². The summed E-state index contributed by atoms with van der Waals surface area (Å²) < 4.78 is 0. The van der Waals surface area contributed by atoms with Crippen LogP contribution in [0, 0.1) is 0 Å². The second-order valence-electron chi connectivity index (χ2n) is 6.13. The van der Waals surface area contributed by atoms with Crippen LogP contribution in [0.25, 0.3) is 0 Å².